The van der Waals surface area contributed by atoms with E-state index in [-0.39, 0.29) is 17.9 Å². The lowest BCUT2D eigenvalue weighted by Crippen LogP contribution is -2.30. The fraction of sp³-hybridized carbons (Fsp3) is 0.350. The zero-order chi connectivity index (χ0) is 16.8. The second kappa shape index (κ2) is 7.93. The van der Waals surface area contributed by atoms with Gasteiger partial charge >= 0.3 is 0 Å². The third-order valence-electron chi connectivity index (χ3n) is 4.10. The van der Waals surface area contributed by atoms with Crippen molar-refractivity contribution in [3.05, 3.63) is 65.7 Å². The molecule has 2 aromatic carbocycles. The Morgan fingerprint density at radius 1 is 1.04 bits per heavy atom. The van der Waals surface area contributed by atoms with E-state index >= 15 is 0 Å². The van der Waals surface area contributed by atoms with Gasteiger partial charge in [0.25, 0.3) is 0 Å². The summed E-state index contributed by atoms with van der Waals surface area (Å²) in [7, 11) is 3.93. The molecule has 3 heteroatoms. The second-order valence-electron chi connectivity index (χ2n) is 5.94. The predicted molar refractivity (Wildman–Crippen MR) is 94.0 cm³/mol. The van der Waals surface area contributed by atoms with Crippen LogP contribution in [0.1, 0.15) is 42.1 Å². The molecule has 122 valence electrons. The van der Waals surface area contributed by atoms with Gasteiger partial charge in [0.2, 0.25) is 0 Å². The summed E-state index contributed by atoms with van der Waals surface area (Å²) in [4.78, 5) is 14.8. The number of ether oxygens (including phenoxy) is 1. The quantitative estimate of drug-likeness (QED) is 0.562. The molecule has 0 bridgehead atoms. The Balaban J connectivity index is 2.13. The van der Waals surface area contributed by atoms with Gasteiger partial charge < -0.3 is 4.74 Å². The Kier molecular flexibility index (Phi) is 5.94. The Hall–Kier alpha value is -2.13. The smallest absolute Gasteiger partial charge is 0.170 e. The zero-order valence-corrected chi connectivity index (χ0v) is 14.3. The van der Waals surface area contributed by atoms with Crippen LogP contribution in [0, 0.1) is 0 Å². The molecule has 0 fully saturated rings. The highest BCUT2D eigenvalue weighted by molar-refractivity contribution is 6.01. The second-order valence-corrected chi connectivity index (χ2v) is 5.94. The summed E-state index contributed by atoms with van der Waals surface area (Å²) in [6, 6.07) is 17.4. The van der Waals surface area contributed by atoms with Gasteiger partial charge in [-0.2, -0.15) is 0 Å². The van der Waals surface area contributed by atoms with Gasteiger partial charge in [-0.1, -0.05) is 37.3 Å². The Morgan fingerprint density at radius 2 is 1.65 bits per heavy atom. The number of benzene rings is 2. The molecule has 2 aromatic rings. The number of nitrogens with zero attached hydrogens (tertiary/aromatic N) is 1. The third-order valence-corrected chi connectivity index (χ3v) is 4.10. The molecule has 0 aromatic heterocycles. The molecular weight excluding hydrogens is 286 g/mol. The standard InChI is InChI=1S/C20H25NO2/c1-5-19(16-9-7-6-8-10-16)20(22)17-11-13-18(14-12-17)23-15(2)21(3)4/h6-15,19H,5H2,1-4H3. The number of hydrogen-bond acceptors (Lipinski definition) is 3. The molecule has 3 nitrogen and oxygen atoms in total. The zero-order valence-electron chi connectivity index (χ0n) is 14.3. The average Bonchev–Trinajstić information content (AvgIpc) is 2.57. The van der Waals surface area contributed by atoms with Crippen LogP contribution < -0.4 is 4.74 Å². The van der Waals surface area contributed by atoms with Gasteiger partial charge in [0, 0.05) is 11.5 Å². The molecule has 0 saturated carbocycles. The van der Waals surface area contributed by atoms with Gasteiger partial charge in [0.1, 0.15) is 12.0 Å². The van der Waals surface area contributed by atoms with Crippen molar-refractivity contribution in [3.63, 3.8) is 0 Å². The monoisotopic (exact) mass is 311 g/mol. The largest absolute Gasteiger partial charge is 0.475 e. The molecular formula is C20H25NO2. The number of carbonyl (C=O) groups is 1. The maximum Gasteiger partial charge on any atom is 0.170 e. The van der Waals surface area contributed by atoms with E-state index in [0.29, 0.717) is 0 Å². The number of rotatable bonds is 7. The summed E-state index contributed by atoms with van der Waals surface area (Å²) < 4.78 is 5.80. The first-order chi connectivity index (χ1) is 11.0. The van der Waals surface area contributed by atoms with Crippen molar-refractivity contribution >= 4 is 5.78 Å². The van der Waals surface area contributed by atoms with E-state index in [9.17, 15) is 4.79 Å². The van der Waals surface area contributed by atoms with Gasteiger partial charge in [-0.25, -0.2) is 0 Å². The first-order valence-corrected chi connectivity index (χ1v) is 8.05. The molecule has 2 unspecified atom stereocenters. The van der Waals surface area contributed by atoms with Gasteiger partial charge in [-0.15, -0.1) is 0 Å². The summed E-state index contributed by atoms with van der Waals surface area (Å²) in [5, 5.41) is 0. The van der Waals surface area contributed by atoms with E-state index in [4.69, 9.17) is 4.74 Å². The van der Waals surface area contributed by atoms with Crippen molar-refractivity contribution < 1.29 is 9.53 Å². The maximum atomic E-state index is 12.8. The lowest BCUT2D eigenvalue weighted by Gasteiger charge is -2.21. The lowest BCUT2D eigenvalue weighted by molar-refractivity contribution is 0.0815. The minimum absolute atomic E-state index is 0.00994. The first-order valence-electron chi connectivity index (χ1n) is 8.05. The highest BCUT2D eigenvalue weighted by Gasteiger charge is 2.20. The van der Waals surface area contributed by atoms with E-state index in [0.717, 1.165) is 23.3 Å². The van der Waals surface area contributed by atoms with Crippen molar-refractivity contribution in [1.82, 2.24) is 4.90 Å². The van der Waals surface area contributed by atoms with E-state index in [1.807, 2.05) is 87.4 Å². The highest BCUT2D eigenvalue weighted by Crippen LogP contribution is 2.25. The van der Waals surface area contributed by atoms with Gasteiger partial charge in [0.05, 0.1) is 0 Å². The third kappa shape index (κ3) is 4.42. The summed E-state index contributed by atoms with van der Waals surface area (Å²) in [5.41, 5.74) is 1.80. The van der Waals surface area contributed by atoms with Crippen molar-refractivity contribution in [3.8, 4) is 5.75 Å². The van der Waals surface area contributed by atoms with Gasteiger partial charge in [-0.3, -0.25) is 9.69 Å². The average molecular weight is 311 g/mol. The number of hydrogen-bond donors (Lipinski definition) is 0. The molecule has 23 heavy (non-hydrogen) atoms. The Labute approximate surface area is 138 Å². The predicted octanol–water partition coefficient (Wildman–Crippen LogP) is 4.35. The molecule has 0 aliphatic heterocycles. The SMILES string of the molecule is CCC(C(=O)c1ccc(OC(C)N(C)C)cc1)c1ccccc1. The highest BCUT2D eigenvalue weighted by atomic mass is 16.5. The van der Waals surface area contributed by atoms with Crippen LogP contribution in [0.3, 0.4) is 0 Å². The van der Waals surface area contributed by atoms with Crippen LogP contribution in [-0.2, 0) is 0 Å². The lowest BCUT2D eigenvalue weighted by atomic mass is 9.89. The number of Topliss-reactive ketones (excluding diaryl/α,β-unsaturated/α-hetero) is 1. The van der Waals surface area contributed by atoms with Crippen molar-refractivity contribution in [2.45, 2.75) is 32.4 Å². The molecule has 0 saturated heterocycles. The maximum absolute atomic E-state index is 12.8. The molecule has 0 amide bonds. The molecule has 2 atom stereocenters. The topological polar surface area (TPSA) is 29.5 Å². The fourth-order valence-corrected chi connectivity index (χ4v) is 2.46. The van der Waals surface area contributed by atoms with Crippen LogP contribution in [0.15, 0.2) is 54.6 Å². The van der Waals surface area contributed by atoms with E-state index < -0.39 is 0 Å². The van der Waals surface area contributed by atoms with E-state index in [1.165, 1.54) is 0 Å². The normalized spacial score (nSPS) is 13.6. The summed E-state index contributed by atoms with van der Waals surface area (Å²) in [6.07, 6.45) is 0.780. The molecule has 0 N–H and O–H groups in total. The van der Waals surface area contributed by atoms with Gasteiger partial charge in [-0.05, 0) is 57.3 Å². The molecule has 0 aliphatic rings. The molecule has 0 heterocycles. The first kappa shape index (κ1) is 17.2. The van der Waals surface area contributed by atoms with Crippen LogP contribution in [0.25, 0.3) is 0 Å². The number of carbonyl (C=O) groups excluding carboxylic acids is 1. The Morgan fingerprint density at radius 3 is 2.17 bits per heavy atom. The molecule has 0 radical (unpaired) electrons. The summed E-state index contributed by atoms with van der Waals surface area (Å²) >= 11 is 0. The van der Waals surface area contributed by atoms with Crippen LogP contribution in [0.5, 0.6) is 5.75 Å². The number of ketones is 1. The van der Waals surface area contributed by atoms with Crippen molar-refractivity contribution in [2.75, 3.05) is 14.1 Å². The minimum Gasteiger partial charge on any atom is -0.475 e. The molecule has 2 rings (SSSR count). The van der Waals surface area contributed by atoms with Crippen LogP contribution >= 0.6 is 0 Å². The van der Waals surface area contributed by atoms with Crippen molar-refractivity contribution in [2.24, 2.45) is 0 Å². The van der Waals surface area contributed by atoms with Crippen molar-refractivity contribution in [1.29, 1.82) is 0 Å². The van der Waals surface area contributed by atoms with Crippen LogP contribution in [0.4, 0.5) is 0 Å². The summed E-state index contributed by atoms with van der Waals surface area (Å²) in [5.74, 6) is 0.838. The van der Waals surface area contributed by atoms with E-state index in [1.54, 1.807) is 0 Å². The van der Waals surface area contributed by atoms with Gasteiger partial charge in [0.15, 0.2) is 5.78 Å². The Bertz CT molecular complexity index is 620. The van der Waals surface area contributed by atoms with Crippen LogP contribution in [-0.4, -0.2) is 31.0 Å². The minimum atomic E-state index is -0.0938. The molecule has 0 spiro atoms. The van der Waals surface area contributed by atoms with E-state index in [2.05, 4.69) is 0 Å². The fourth-order valence-electron chi connectivity index (χ4n) is 2.46. The van der Waals surface area contributed by atoms with Crippen LogP contribution in [0.2, 0.25) is 0 Å². The summed E-state index contributed by atoms with van der Waals surface area (Å²) in [6.45, 7) is 4.04. The molecule has 0 aliphatic carbocycles.